The average Bonchev–Trinajstić information content (AvgIpc) is 2.76. The van der Waals surface area contributed by atoms with Gasteiger partial charge in [0.2, 0.25) is 0 Å². The maximum Gasteiger partial charge on any atom is 0.304 e. The van der Waals surface area contributed by atoms with E-state index in [2.05, 4.69) is 20.7 Å². The summed E-state index contributed by atoms with van der Waals surface area (Å²) in [7, 11) is -3.92. The topological polar surface area (TPSA) is 115 Å². The second-order valence-corrected chi connectivity index (χ2v) is 8.05. The van der Waals surface area contributed by atoms with Crippen LogP contribution < -0.4 is 10.5 Å². The number of sulfonamides is 1. The molecule has 0 unspecified atom stereocenters. The van der Waals surface area contributed by atoms with E-state index in [0.29, 0.717) is 22.6 Å². The summed E-state index contributed by atoms with van der Waals surface area (Å²) in [6.45, 7) is 1.74. The first kappa shape index (κ1) is 15.7. The smallest absolute Gasteiger partial charge is 0.304 e. The summed E-state index contributed by atoms with van der Waals surface area (Å²) in [4.78, 5) is 10.0. The molecule has 1 aromatic heterocycles. The Kier molecular flexibility index (Phi) is 4.21. The van der Waals surface area contributed by atoms with Crippen LogP contribution in [-0.4, -0.2) is 13.3 Å². The summed E-state index contributed by atoms with van der Waals surface area (Å²) in [5.41, 5.74) is 6.16. The fourth-order valence-electron chi connectivity index (χ4n) is 1.58. The third kappa shape index (κ3) is 3.34. The van der Waals surface area contributed by atoms with Gasteiger partial charge in [-0.05, 0) is 30.7 Å². The van der Waals surface area contributed by atoms with Gasteiger partial charge in [0.15, 0.2) is 5.00 Å². The van der Waals surface area contributed by atoms with Crippen LogP contribution in [0.4, 0.5) is 16.4 Å². The van der Waals surface area contributed by atoms with Gasteiger partial charge in [0, 0.05) is 10.5 Å². The predicted molar refractivity (Wildman–Crippen MR) is 85.1 cm³/mol. The molecule has 0 amide bonds. The number of hydrogen-bond donors (Lipinski definition) is 2. The fourth-order valence-corrected chi connectivity index (χ4v) is 4.40. The van der Waals surface area contributed by atoms with Crippen LogP contribution in [0.2, 0.25) is 0 Å². The van der Waals surface area contributed by atoms with Crippen LogP contribution in [0.5, 0.6) is 0 Å². The third-order valence-corrected chi connectivity index (χ3v) is 5.90. The highest BCUT2D eigenvalue weighted by Gasteiger charge is 2.25. The zero-order valence-corrected chi connectivity index (χ0v) is 13.9. The van der Waals surface area contributed by atoms with Crippen LogP contribution in [-0.2, 0) is 10.0 Å². The summed E-state index contributed by atoms with van der Waals surface area (Å²) >= 11 is 3.94. The Morgan fingerprint density at radius 2 is 2.05 bits per heavy atom. The first-order valence-electron chi connectivity index (χ1n) is 5.53. The lowest BCUT2D eigenvalue weighted by atomic mass is 10.2. The highest BCUT2D eigenvalue weighted by molar-refractivity contribution is 9.10. The van der Waals surface area contributed by atoms with Crippen molar-refractivity contribution >= 4 is 53.7 Å². The zero-order chi connectivity index (χ0) is 15.8. The summed E-state index contributed by atoms with van der Waals surface area (Å²) in [6, 6.07) is 6.00. The average molecular weight is 392 g/mol. The van der Waals surface area contributed by atoms with Crippen LogP contribution in [0.15, 0.2) is 32.9 Å². The number of nitrogens with zero attached hydrogens (tertiary/aromatic N) is 1. The molecule has 7 nitrogen and oxygen atoms in total. The molecule has 10 heteroatoms. The van der Waals surface area contributed by atoms with Gasteiger partial charge in [-0.2, -0.15) is 0 Å². The summed E-state index contributed by atoms with van der Waals surface area (Å²) in [5.74, 6) is 0. The minimum atomic E-state index is -3.92. The highest BCUT2D eigenvalue weighted by atomic mass is 79.9. The number of aryl methyl sites for hydroxylation is 1. The lowest BCUT2D eigenvalue weighted by molar-refractivity contribution is -0.383. The van der Waals surface area contributed by atoms with Gasteiger partial charge in [-0.3, -0.25) is 14.8 Å². The molecule has 1 aromatic carbocycles. The molecule has 1 heterocycles. The molecule has 0 bridgehead atoms. The number of anilines is 2. The Labute approximate surface area is 133 Å². The number of rotatable bonds is 4. The quantitative estimate of drug-likeness (QED) is 0.613. The van der Waals surface area contributed by atoms with Crippen molar-refractivity contribution in [2.75, 3.05) is 10.5 Å². The van der Waals surface area contributed by atoms with Gasteiger partial charge in [0.1, 0.15) is 4.21 Å². The third-order valence-electron chi connectivity index (χ3n) is 2.61. The van der Waals surface area contributed by atoms with E-state index in [0.717, 1.165) is 10.5 Å². The Balaban J connectivity index is 2.38. The second kappa shape index (κ2) is 5.62. The van der Waals surface area contributed by atoms with Crippen molar-refractivity contribution in [3.63, 3.8) is 0 Å². The van der Waals surface area contributed by atoms with Crippen molar-refractivity contribution in [1.82, 2.24) is 0 Å². The lowest BCUT2D eigenvalue weighted by Crippen LogP contribution is -2.12. The van der Waals surface area contributed by atoms with Crippen LogP contribution in [0.25, 0.3) is 0 Å². The first-order chi connectivity index (χ1) is 9.70. The summed E-state index contributed by atoms with van der Waals surface area (Å²) in [5, 5.41) is 10.6. The summed E-state index contributed by atoms with van der Waals surface area (Å²) in [6.07, 6.45) is 0. The minimum absolute atomic E-state index is 0.145. The van der Waals surface area contributed by atoms with E-state index >= 15 is 0 Å². The predicted octanol–water partition coefficient (Wildman–Crippen LogP) is 3.11. The van der Waals surface area contributed by atoms with Crippen molar-refractivity contribution < 1.29 is 13.3 Å². The Hall–Kier alpha value is -1.65. The monoisotopic (exact) mass is 391 g/mol. The van der Waals surface area contributed by atoms with Crippen LogP contribution in [0.1, 0.15) is 5.56 Å². The first-order valence-corrected chi connectivity index (χ1v) is 8.62. The normalized spacial score (nSPS) is 11.3. The van der Waals surface area contributed by atoms with Crippen LogP contribution in [0.3, 0.4) is 0 Å². The standard InChI is InChI=1S/C11H10BrN3O4S2/c1-6-4-7(12)2-3-8(6)14-21(18,19)10-5-9(15(16)17)11(13)20-10/h2-5,14H,13H2,1H3. The molecule has 0 saturated heterocycles. The molecule has 0 spiro atoms. The molecule has 21 heavy (non-hydrogen) atoms. The van der Waals surface area contributed by atoms with Gasteiger partial charge in [0.05, 0.1) is 10.6 Å². The molecule has 0 atom stereocenters. The zero-order valence-electron chi connectivity index (χ0n) is 10.7. The number of hydrogen-bond acceptors (Lipinski definition) is 6. The van der Waals surface area contributed by atoms with Gasteiger partial charge in [-0.15, -0.1) is 0 Å². The van der Waals surface area contributed by atoms with Gasteiger partial charge in [-0.25, -0.2) is 8.42 Å². The minimum Gasteiger partial charge on any atom is -0.385 e. The Bertz CT molecular complexity index is 817. The number of thiophene rings is 1. The van der Waals surface area contributed by atoms with E-state index in [1.165, 1.54) is 0 Å². The van der Waals surface area contributed by atoms with E-state index in [1.54, 1.807) is 25.1 Å². The molecular weight excluding hydrogens is 382 g/mol. The van der Waals surface area contributed by atoms with Crippen molar-refractivity contribution in [2.24, 2.45) is 0 Å². The molecular formula is C11H10BrN3O4S2. The van der Waals surface area contributed by atoms with Gasteiger partial charge >= 0.3 is 5.69 Å². The molecule has 0 saturated carbocycles. The molecule has 0 aliphatic carbocycles. The molecule has 3 N–H and O–H groups in total. The molecule has 112 valence electrons. The molecule has 2 aromatic rings. The maximum atomic E-state index is 12.2. The number of nitro groups is 1. The molecule has 0 radical (unpaired) electrons. The number of nitrogens with one attached hydrogen (secondary N) is 1. The molecule has 0 aliphatic heterocycles. The summed E-state index contributed by atoms with van der Waals surface area (Å²) < 4.78 is 27.5. The number of benzene rings is 1. The van der Waals surface area contributed by atoms with Crippen molar-refractivity contribution in [2.45, 2.75) is 11.1 Å². The van der Waals surface area contributed by atoms with Crippen molar-refractivity contribution in [3.8, 4) is 0 Å². The lowest BCUT2D eigenvalue weighted by Gasteiger charge is -2.09. The highest BCUT2D eigenvalue weighted by Crippen LogP contribution is 2.35. The van der Waals surface area contributed by atoms with E-state index in [-0.39, 0.29) is 9.21 Å². The van der Waals surface area contributed by atoms with Gasteiger partial charge in [-0.1, -0.05) is 27.3 Å². The number of nitrogen functional groups attached to an aromatic ring is 1. The van der Waals surface area contributed by atoms with Crippen LogP contribution in [0, 0.1) is 17.0 Å². The fraction of sp³-hybridized carbons (Fsp3) is 0.0909. The van der Waals surface area contributed by atoms with E-state index in [1.807, 2.05) is 0 Å². The largest absolute Gasteiger partial charge is 0.385 e. The number of nitrogens with two attached hydrogens (primary N) is 1. The molecule has 0 fully saturated rings. The Morgan fingerprint density at radius 3 is 2.57 bits per heavy atom. The maximum absolute atomic E-state index is 12.2. The SMILES string of the molecule is Cc1cc(Br)ccc1NS(=O)(=O)c1cc([N+](=O)[O-])c(N)s1. The van der Waals surface area contributed by atoms with Crippen LogP contribution >= 0.6 is 27.3 Å². The molecule has 0 aliphatic rings. The molecule has 2 rings (SSSR count). The van der Waals surface area contributed by atoms with E-state index in [4.69, 9.17) is 5.73 Å². The van der Waals surface area contributed by atoms with Crippen molar-refractivity contribution in [3.05, 3.63) is 44.4 Å². The van der Waals surface area contributed by atoms with Gasteiger partial charge in [0.25, 0.3) is 10.0 Å². The Morgan fingerprint density at radius 1 is 1.38 bits per heavy atom. The second-order valence-electron chi connectivity index (χ2n) is 4.14. The van der Waals surface area contributed by atoms with Gasteiger partial charge < -0.3 is 5.73 Å². The van der Waals surface area contributed by atoms with E-state index in [9.17, 15) is 18.5 Å². The van der Waals surface area contributed by atoms with Crippen molar-refractivity contribution in [1.29, 1.82) is 0 Å². The number of halogens is 1. The van der Waals surface area contributed by atoms with E-state index < -0.39 is 20.6 Å².